The first-order valence-electron chi connectivity index (χ1n) is 4.73. The molecule has 0 atom stereocenters. The number of carbonyl (C=O) groups is 3. The van der Waals surface area contributed by atoms with Gasteiger partial charge in [0.2, 0.25) is 0 Å². The first kappa shape index (κ1) is 26.0. The molecule has 6 nitrogen and oxygen atoms in total. The van der Waals surface area contributed by atoms with Gasteiger partial charge in [0, 0.05) is 37.2 Å². The minimum atomic E-state index is -1.08. The van der Waals surface area contributed by atoms with Gasteiger partial charge in [0.15, 0.2) is 0 Å². The van der Waals surface area contributed by atoms with Crippen LogP contribution in [0.4, 0.5) is 0 Å². The second-order valence-electron chi connectivity index (χ2n) is 2.59. The van der Waals surface area contributed by atoms with Crippen LogP contribution < -0.4 is 15.3 Å². The van der Waals surface area contributed by atoms with Crippen molar-refractivity contribution in [1.82, 2.24) is 0 Å². The second-order valence-corrected chi connectivity index (χ2v) is 2.59. The van der Waals surface area contributed by atoms with Crippen LogP contribution in [0.15, 0.2) is 38.0 Å². The largest absolute Gasteiger partial charge is 3.00 e. The van der Waals surface area contributed by atoms with E-state index in [0.29, 0.717) is 0 Å². The quantitative estimate of drug-likeness (QED) is 0.395. The molecule has 0 saturated carbocycles. The fourth-order valence-corrected chi connectivity index (χ4v) is 0.354. The third-order valence-corrected chi connectivity index (χ3v) is 0.933. The summed E-state index contributed by atoms with van der Waals surface area (Å²) in [5, 5.41) is 28.3. The van der Waals surface area contributed by atoms with E-state index in [4.69, 9.17) is 0 Å². The molecule has 19 heavy (non-hydrogen) atoms. The molecule has 0 aromatic carbocycles. The van der Waals surface area contributed by atoms with E-state index >= 15 is 0 Å². The monoisotopic (exact) mass is 324 g/mol. The van der Waals surface area contributed by atoms with E-state index in [9.17, 15) is 29.7 Å². The van der Waals surface area contributed by atoms with Crippen molar-refractivity contribution in [3.05, 3.63) is 38.0 Å². The van der Waals surface area contributed by atoms with Gasteiger partial charge >= 0.3 is 19.8 Å². The molecule has 0 rings (SSSR count). The molecule has 0 fully saturated rings. The normalized spacial score (nSPS) is 6.95. The van der Waals surface area contributed by atoms with Crippen LogP contribution in [-0.4, -0.2) is 37.7 Å². The molecular formula is C12H15GaO6. The number of carboxylic acid groups (broad SMARTS) is 3. The van der Waals surface area contributed by atoms with E-state index in [0.717, 1.165) is 0 Å². The third-order valence-electron chi connectivity index (χ3n) is 0.933. The zero-order valence-electron chi connectivity index (χ0n) is 10.5. The van der Waals surface area contributed by atoms with Crippen molar-refractivity contribution >= 4 is 37.7 Å². The van der Waals surface area contributed by atoms with Gasteiger partial charge in [-0.1, -0.05) is 18.2 Å². The van der Waals surface area contributed by atoms with E-state index < -0.39 is 17.9 Å². The molecule has 0 N–H and O–H groups in total. The predicted octanol–water partition coefficient (Wildman–Crippen LogP) is -2.44. The summed E-state index contributed by atoms with van der Waals surface area (Å²) in [5.41, 5.74) is 0. The fraction of sp³-hybridized carbons (Fsp3) is 0.250. The van der Waals surface area contributed by atoms with E-state index in [1.54, 1.807) is 0 Å². The number of carboxylic acids is 3. The van der Waals surface area contributed by atoms with Crippen LogP contribution in [0.2, 0.25) is 0 Å². The standard InChI is InChI=1S/3C4H6O2.Ga/c3*1-2-3-4(5)6;/h3*2H,1,3H2,(H,5,6);/q;;;+3/p-3. The molecule has 0 aliphatic heterocycles. The Morgan fingerprint density at radius 3 is 0.842 bits per heavy atom. The Hall–Kier alpha value is -1.73. The van der Waals surface area contributed by atoms with Gasteiger partial charge in [0.05, 0.1) is 0 Å². The molecule has 0 unspecified atom stereocenters. The molecule has 0 aliphatic rings. The van der Waals surface area contributed by atoms with Gasteiger partial charge < -0.3 is 29.7 Å². The van der Waals surface area contributed by atoms with Crippen molar-refractivity contribution in [2.24, 2.45) is 0 Å². The maximum atomic E-state index is 9.42. The van der Waals surface area contributed by atoms with Gasteiger partial charge in [-0.2, -0.15) is 0 Å². The summed E-state index contributed by atoms with van der Waals surface area (Å²) in [6.45, 7) is 9.54. The number of hydrogen-bond acceptors (Lipinski definition) is 6. The van der Waals surface area contributed by atoms with Crippen molar-refractivity contribution in [2.45, 2.75) is 19.3 Å². The average Bonchev–Trinajstić information content (AvgIpc) is 2.18. The van der Waals surface area contributed by atoms with Crippen LogP contribution in [-0.2, 0) is 14.4 Å². The number of carbonyl (C=O) groups excluding carboxylic acids is 3. The molecular weight excluding hydrogens is 310 g/mol. The van der Waals surface area contributed by atoms with Crippen molar-refractivity contribution in [3.8, 4) is 0 Å². The predicted molar refractivity (Wildman–Crippen MR) is 65.2 cm³/mol. The van der Waals surface area contributed by atoms with Gasteiger partial charge in [-0.3, -0.25) is 0 Å². The van der Waals surface area contributed by atoms with E-state index in [-0.39, 0.29) is 39.1 Å². The van der Waals surface area contributed by atoms with Crippen molar-refractivity contribution in [3.63, 3.8) is 0 Å². The summed E-state index contributed by atoms with van der Waals surface area (Å²) in [6.07, 6.45) is 3.69. The van der Waals surface area contributed by atoms with Gasteiger partial charge in [-0.15, -0.1) is 19.7 Å². The van der Waals surface area contributed by atoms with Crippen LogP contribution >= 0.6 is 0 Å². The van der Waals surface area contributed by atoms with E-state index in [1.807, 2.05) is 0 Å². The van der Waals surface area contributed by atoms with E-state index in [2.05, 4.69) is 19.7 Å². The third kappa shape index (κ3) is 62.7. The van der Waals surface area contributed by atoms with Crippen molar-refractivity contribution in [1.29, 1.82) is 0 Å². The van der Waals surface area contributed by atoms with Gasteiger partial charge in [-0.05, 0) is 0 Å². The summed E-state index contributed by atoms with van der Waals surface area (Å²) < 4.78 is 0. The summed E-state index contributed by atoms with van der Waals surface area (Å²) in [6, 6.07) is 0. The summed E-state index contributed by atoms with van der Waals surface area (Å²) in [4.78, 5) is 28.3. The molecule has 7 heteroatoms. The molecule has 0 heterocycles. The molecule has 0 aromatic rings. The van der Waals surface area contributed by atoms with Crippen molar-refractivity contribution < 1.29 is 29.7 Å². The molecule has 0 aliphatic carbocycles. The van der Waals surface area contributed by atoms with Crippen LogP contribution in [0.1, 0.15) is 19.3 Å². The first-order valence-corrected chi connectivity index (χ1v) is 4.73. The van der Waals surface area contributed by atoms with E-state index in [1.165, 1.54) is 18.2 Å². The van der Waals surface area contributed by atoms with Crippen LogP contribution in [0.3, 0.4) is 0 Å². The molecule has 0 aromatic heterocycles. The van der Waals surface area contributed by atoms with Crippen LogP contribution in [0, 0.1) is 0 Å². The minimum Gasteiger partial charge on any atom is -0.550 e. The number of aliphatic carboxylic acids is 3. The van der Waals surface area contributed by atoms with Gasteiger partial charge in [-0.25, -0.2) is 0 Å². The molecule has 0 saturated heterocycles. The van der Waals surface area contributed by atoms with Gasteiger partial charge in [0.25, 0.3) is 0 Å². The topological polar surface area (TPSA) is 120 Å². The SMILES string of the molecule is C=CCC(=O)[O-].C=CCC(=O)[O-].C=CCC(=O)[O-].[Ga+3]. The first-order chi connectivity index (χ1) is 8.31. The molecule has 0 radical (unpaired) electrons. The van der Waals surface area contributed by atoms with Crippen LogP contribution in [0.5, 0.6) is 0 Å². The number of hydrogen-bond donors (Lipinski definition) is 0. The van der Waals surface area contributed by atoms with Crippen LogP contribution in [0.25, 0.3) is 0 Å². The molecule has 102 valence electrons. The maximum Gasteiger partial charge on any atom is 3.00 e. The molecule has 0 bridgehead atoms. The Kier molecular flexibility index (Phi) is 29.4. The Balaban J connectivity index is -0.0000000865. The second kappa shape index (κ2) is 21.5. The number of rotatable bonds is 6. The fourth-order valence-electron chi connectivity index (χ4n) is 0.354. The summed E-state index contributed by atoms with van der Waals surface area (Å²) in [7, 11) is 0. The Morgan fingerprint density at radius 2 is 0.842 bits per heavy atom. The minimum absolute atomic E-state index is 0. The van der Waals surface area contributed by atoms with Crippen molar-refractivity contribution in [2.75, 3.05) is 0 Å². The average molecular weight is 325 g/mol. The summed E-state index contributed by atoms with van der Waals surface area (Å²) in [5.74, 6) is -3.24. The summed E-state index contributed by atoms with van der Waals surface area (Å²) >= 11 is 0. The zero-order chi connectivity index (χ0) is 15.0. The Bertz CT molecular complexity index is 251. The van der Waals surface area contributed by atoms with Gasteiger partial charge in [0.1, 0.15) is 0 Å². The zero-order valence-corrected chi connectivity index (χ0v) is 12.9. The molecule has 0 amide bonds. The smallest absolute Gasteiger partial charge is 0.550 e. The maximum absolute atomic E-state index is 9.42. The molecule has 0 spiro atoms. The Labute approximate surface area is 125 Å². The Morgan fingerprint density at radius 1 is 0.684 bits per heavy atom.